The molecule has 3 rings (SSSR count). The zero-order valence-electron chi connectivity index (χ0n) is 10.9. The number of nitrogens with two attached hydrogens (primary N) is 2. The Morgan fingerprint density at radius 1 is 1.05 bits per heavy atom. The van der Waals surface area contributed by atoms with Crippen molar-refractivity contribution in [3.05, 3.63) is 36.4 Å². The molecule has 2 aromatic rings. The van der Waals surface area contributed by atoms with E-state index >= 15 is 0 Å². The molecule has 0 atom stereocenters. The molecule has 0 saturated carbocycles. The minimum atomic E-state index is 0.584. The average molecular weight is 255 g/mol. The van der Waals surface area contributed by atoms with Crippen LogP contribution in [0.1, 0.15) is 13.3 Å². The number of anilines is 4. The van der Waals surface area contributed by atoms with Crippen molar-refractivity contribution in [2.24, 2.45) is 0 Å². The molecule has 0 aliphatic carbocycles. The molecule has 1 aliphatic rings. The van der Waals surface area contributed by atoms with E-state index in [-0.39, 0.29) is 0 Å². The smallest absolute Gasteiger partial charge is 0.153 e. The SMILES string of the molecule is CCCN1c2ccccc2Oc2ccc(N)c(N)c21. The minimum Gasteiger partial charge on any atom is -0.453 e. The van der Waals surface area contributed by atoms with Gasteiger partial charge in [-0.3, -0.25) is 0 Å². The fraction of sp³-hybridized carbons (Fsp3) is 0.200. The molecule has 2 aromatic carbocycles. The van der Waals surface area contributed by atoms with Crippen molar-refractivity contribution in [1.82, 2.24) is 0 Å². The van der Waals surface area contributed by atoms with Crippen LogP contribution in [0.15, 0.2) is 36.4 Å². The summed E-state index contributed by atoms with van der Waals surface area (Å²) in [6.07, 6.45) is 1.02. The van der Waals surface area contributed by atoms with E-state index in [9.17, 15) is 0 Å². The summed E-state index contributed by atoms with van der Waals surface area (Å²) in [6.45, 7) is 3.02. The van der Waals surface area contributed by atoms with Crippen molar-refractivity contribution in [1.29, 1.82) is 0 Å². The standard InChI is InChI=1S/C15H17N3O/c1-2-9-18-11-5-3-4-6-12(11)19-13-8-7-10(16)14(17)15(13)18/h3-8H,2,9,16-17H2,1H3. The fourth-order valence-corrected chi connectivity index (χ4v) is 2.43. The number of nitrogens with zero attached hydrogens (tertiary/aromatic N) is 1. The van der Waals surface area contributed by atoms with Crippen LogP contribution in [-0.2, 0) is 0 Å². The van der Waals surface area contributed by atoms with Gasteiger partial charge in [-0.05, 0) is 30.7 Å². The highest BCUT2D eigenvalue weighted by molar-refractivity contribution is 5.91. The average Bonchev–Trinajstić information content (AvgIpc) is 2.43. The Morgan fingerprint density at radius 2 is 1.84 bits per heavy atom. The molecule has 0 bridgehead atoms. The lowest BCUT2D eigenvalue weighted by Crippen LogP contribution is -2.23. The van der Waals surface area contributed by atoms with Gasteiger partial charge in [-0.2, -0.15) is 0 Å². The van der Waals surface area contributed by atoms with Gasteiger partial charge in [0.25, 0.3) is 0 Å². The van der Waals surface area contributed by atoms with Crippen molar-refractivity contribution in [3.8, 4) is 11.5 Å². The Hall–Kier alpha value is -2.36. The summed E-state index contributed by atoms with van der Waals surface area (Å²) in [4.78, 5) is 2.18. The number of nitrogen functional groups attached to an aromatic ring is 2. The third-order valence-corrected chi connectivity index (χ3v) is 3.31. The summed E-state index contributed by atoms with van der Waals surface area (Å²) < 4.78 is 5.91. The van der Waals surface area contributed by atoms with Crippen LogP contribution in [0.2, 0.25) is 0 Å². The van der Waals surface area contributed by atoms with Crippen LogP contribution in [-0.4, -0.2) is 6.54 Å². The van der Waals surface area contributed by atoms with Crippen LogP contribution in [0.4, 0.5) is 22.7 Å². The molecule has 4 nitrogen and oxygen atoms in total. The number of hydrogen-bond acceptors (Lipinski definition) is 4. The second-order valence-corrected chi connectivity index (χ2v) is 4.64. The van der Waals surface area contributed by atoms with E-state index in [1.165, 1.54) is 0 Å². The molecule has 0 unspecified atom stereocenters. The first-order chi connectivity index (χ1) is 9.22. The first-order valence-electron chi connectivity index (χ1n) is 6.44. The molecular formula is C15H17N3O. The summed E-state index contributed by atoms with van der Waals surface area (Å²) in [5, 5.41) is 0. The molecule has 0 aromatic heterocycles. The van der Waals surface area contributed by atoms with Gasteiger partial charge >= 0.3 is 0 Å². The zero-order valence-corrected chi connectivity index (χ0v) is 10.9. The Morgan fingerprint density at radius 3 is 2.63 bits per heavy atom. The van der Waals surface area contributed by atoms with Gasteiger partial charge < -0.3 is 21.1 Å². The van der Waals surface area contributed by atoms with Crippen molar-refractivity contribution < 1.29 is 4.74 Å². The van der Waals surface area contributed by atoms with E-state index in [0.29, 0.717) is 11.4 Å². The van der Waals surface area contributed by atoms with E-state index < -0.39 is 0 Å². The molecule has 4 heteroatoms. The van der Waals surface area contributed by atoms with E-state index in [4.69, 9.17) is 16.2 Å². The number of rotatable bonds is 2. The van der Waals surface area contributed by atoms with Gasteiger partial charge in [0.15, 0.2) is 11.5 Å². The first-order valence-corrected chi connectivity index (χ1v) is 6.44. The van der Waals surface area contributed by atoms with Crippen molar-refractivity contribution in [2.75, 3.05) is 22.9 Å². The molecule has 0 amide bonds. The molecular weight excluding hydrogens is 238 g/mol. The Labute approximate surface area is 112 Å². The Kier molecular flexibility index (Phi) is 2.71. The molecule has 4 N–H and O–H groups in total. The second-order valence-electron chi connectivity index (χ2n) is 4.64. The van der Waals surface area contributed by atoms with Crippen LogP contribution in [0.25, 0.3) is 0 Å². The zero-order chi connectivity index (χ0) is 13.4. The molecule has 0 radical (unpaired) electrons. The molecule has 0 saturated heterocycles. The largest absolute Gasteiger partial charge is 0.453 e. The third kappa shape index (κ3) is 1.76. The highest BCUT2D eigenvalue weighted by atomic mass is 16.5. The maximum atomic E-state index is 6.13. The lowest BCUT2D eigenvalue weighted by Gasteiger charge is -2.33. The van der Waals surface area contributed by atoms with Gasteiger partial charge in [0.05, 0.1) is 17.1 Å². The van der Waals surface area contributed by atoms with E-state index in [2.05, 4.69) is 11.8 Å². The first kappa shape index (κ1) is 11.7. The number of ether oxygens (including phenoxy) is 1. The van der Waals surface area contributed by atoms with Crippen LogP contribution < -0.4 is 21.1 Å². The quantitative estimate of drug-likeness (QED) is 0.806. The number of hydrogen-bond donors (Lipinski definition) is 2. The fourth-order valence-electron chi connectivity index (χ4n) is 2.43. The highest BCUT2D eigenvalue weighted by Crippen LogP contribution is 2.50. The molecule has 1 aliphatic heterocycles. The van der Waals surface area contributed by atoms with Crippen LogP contribution >= 0.6 is 0 Å². The van der Waals surface area contributed by atoms with Gasteiger partial charge in [-0.1, -0.05) is 19.1 Å². The minimum absolute atomic E-state index is 0.584. The normalized spacial score (nSPS) is 12.6. The van der Waals surface area contributed by atoms with Crippen LogP contribution in [0.3, 0.4) is 0 Å². The summed E-state index contributed by atoms with van der Waals surface area (Å²) >= 11 is 0. The summed E-state index contributed by atoms with van der Waals surface area (Å²) in [7, 11) is 0. The van der Waals surface area contributed by atoms with E-state index in [1.54, 1.807) is 6.07 Å². The van der Waals surface area contributed by atoms with Crippen molar-refractivity contribution in [3.63, 3.8) is 0 Å². The molecule has 19 heavy (non-hydrogen) atoms. The lowest BCUT2D eigenvalue weighted by atomic mass is 10.1. The summed E-state index contributed by atoms with van der Waals surface area (Å²) in [5.41, 5.74) is 15.1. The van der Waals surface area contributed by atoms with Crippen molar-refractivity contribution in [2.45, 2.75) is 13.3 Å². The Balaban J connectivity index is 2.21. The Bertz CT molecular complexity index is 625. The molecule has 0 spiro atoms. The number of para-hydroxylation sites is 2. The predicted octanol–water partition coefficient (Wildman–Crippen LogP) is 3.50. The number of fused-ring (bicyclic) bond motifs is 2. The maximum Gasteiger partial charge on any atom is 0.153 e. The van der Waals surface area contributed by atoms with Gasteiger partial charge in [-0.15, -0.1) is 0 Å². The van der Waals surface area contributed by atoms with Gasteiger partial charge in [0.1, 0.15) is 5.69 Å². The lowest BCUT2D eigenvalue weighted by molar-refractivity contribution is 0.473. The monoisotopic (exact) mass is 255 g/mol. The topological polar surface area (TPSA) is 64.5 Å². The highest BCUT2D eigenvalue weighted by Gasteiger charge is 2.26. The second kappa shape index (κ2) is 4.39. The molecule has 1 heterocycles. The third-order valence-electron chi connectivity index (χ3n) is 3.31. The molecule has 98 valence electrons. The van der Waals surface area contributed by atoms with Crippen LogP contribution in [0, 0.1) is 0 Å². The van der Waals surface area contributed by atoms with Gasteiger partial charge in [-0.25, -0.2) is 0 Å². The van der Waals surface area contributed by atoms with Gasteiger partial charge in [0, 0.05) is 6.54 Å². The maximum absolute atomic E-state index is 6.13. The molecule has 0 fully saturated rings. The predicted molar refractivity (Wildman–Crippen MR) is 79.1 cm³/mol. The van der Waals surface area contributed by atoms with Gasteiger partial charge in [0.2, 0.25) is 0 Å². The van der Waals surface area contributed by atoms with E-state index in [0.717, 1.165) is 35.8 Å². The van der Waals surface area contributed by atoms with E-state index in [1.807, 2.05) is 30.3 Å². The van der Waals surface area contributed by atoms with Crippen LogP contribution in [0.5, 0.6) is 11.5 Å². The summed E-state index contributed by atoms with van der Waals surface area (Å²) in [6, 6.07) is 11.6. The van der Waals surface area contributed by atoms with Crippen molar-refractivity contribution >= 4 is 22.7 Å². The summed E-state index contributed by atoms with van der Waals surface area (Å²) in [5.74, 6) is 1.62. The number of benzene rings is 2.